The topological polar surface area (TPSA) is 80.4 Å². The first-order chi connectivity index (χ1) is 14.4. The first-order valence-electron chi connectivity index (χ1n) is 8.71. The molecule has 0 aliphatic rings. The van der Waals surface area contributed by atoms with Crippen molar-refractivity contribution in [3.8, 4) is 11.6 Å². The molecule has 0 bridgehead atoms. The number of benzene rings is 2. The molecule has 0 fully saturated rings. The van der Waals surface area contributed by atoms with Crippen LogP contribution in [0.5, 0.6) is 5.88 Å². The SMILES string of the molecule is O=c1c2ccccc2c(C=Nc2ncccn2)c(O)n1-c1cccc(C(F)(F)F)c1. The van der Waals surface area contributed by atoms with E-state index in [0.29, 0.717) is 5.39 Å². The summed E-state index contributed by atoms with van der Waals surface area (Å²) in [4.78, 5) is 25.0. The Balaban J connectivity index is 1.98. The van der Waals surface area contributed by atoms with Gasteiger partial charge in [-0.3, -0.25) is 4.79 Å². The third kappa shape index (κ3) is 3.52. The highest BCUT2D eigenvalue weighted by Crippen LogP contribution is 2.32. The van der Waals surface area contributed by atoms with Gasteiger partial charge in [-0.2, -0.15) is 13.2 Å². The average molecular weight is 410 g/mol. The van der Waals surface area contributed by atoms with E-state index in [2.05, 4.69) is 15.0 Å². The van der Waals surface area contributed by atoms with Crippen LogP contribution < -0.4 is 5.56 Å². The molecule has 0 saturated heterocycles. The van der Waals surface area contributed by atoms with Crippen molar-refractivity contribution < 1.29 is 18.3 Å². The van der Waals surface area contributed by atoms with Crippen LogP contribution in [0.25, 0.3) is 16.5 Å². The zero-order valence-corrected chi connectivity index (χ0v) is 15.2. The van der Waals surface area contributed by atoms with Gasteiger partial charge in [0, 0.05) is 29.4 Å². The van der Waals surface area contributed by atoms with Crippen LogP contribution in [-0.4, -0.2) is 25.9 Å². The minimum Gasteiger partial charge on any atom is -0.494 e. The third-order valence-electron chi connectivity index (χ3n) is 4.40. The van der Waals surface area contributed by atoms with Gasteiger partial charge < -0.3 is 5.11 Å². The summed E-state index contributed by atoms with van der Waals surface area (Å²) in [5.41, 5.74) is -1.57. The molecule has 2 heterocycles. The number of hydrogen-bond donors (Lipinski definition) is 1. The van der Waals surface area contributed by atoms with Gasteiger partial charge in [-0.05, 0) is 30.3 Å². The van der Waals surface area contributed by atoms with Gasteiger partial charge in [0.05, 0.1) is 16.8 Å². The Morgan fingerprint density at radius 3 is 2.37 bits per heavy atom. The number of hydrogen-bond acceptors (Lipinski definition) is 5. The molecule has 0 aliphatic heterocycles. The summed E-state index contributed by atoms with van der Waals surface area (Å²) in [5, 5.41) is 11.4. The summed E-state index contributed by atoms with van der Waals surface area (Å²) < 4.78 is 40.2. The van der Waals surface area contributed by atoms with E-state index < -0.39 is 23.2 Å². The summed E-state index contributed by atoms with van der Waals surface area (Å²) in [5.74, 6) is -0.421. The number of halogens is 3. The summed E-state index contributed by atoms with van der Waals surface area (Å²) in [7, 11) is 0. The van der Waals surface area contributed by atoms with Crippen LogP contribution >= 0.6 is 0 Å². The highest BCUT2D eigenvalue weighted by Gasteiger charge is 2.31. The summed E-state index contributed by atoms with van der Waals surface area (Å²) in [6.07, 6.45) is -0.347. The fourth-order valence-corrected chi connectivity index (χ4v) is 3.03. The molecule has 150 valence electrons. The molecule has 0 amide bonds. The lowest BCUT2D eigenvalue weighted by atomic mass is 10.1. The van der Waals surface area contributed by atoms with E-state index >= 15 is 0 Å². The number of fused-ring (bicyclic) bond motifs is 1. The molecule has 2 aromatic heterocycles. The van der Waals surface area contributed by atoms with Crippen LogP contribution in [0.4, 0.5) is 19.1 Å². The maximum atomic E-state index is 13.1. The molecule has 6 nitrogen and oxygen atoms in total. The molecule has 30 heavy (non-hydrogen) atoms. The van der Waals surface area contributed by atoms with Crippen molar-refractivity contribution >= 4 is 22.9 Å². The molecule has 4 rings (SSSR count). The number of nitrogens with zero attached hydrogens (tertiary/aromatic N) is 4. The van der Waals surface area contributed by atoms with Crippen molar-refractivity contribution in [1.29, 1.82) is 0 Å². The Bertz CT molecular complexity index is 1320. The zero-order chi connectivity index (χ0) is 21.3. The van der Waals surface area contributed by atoms with Crippen LogP contribution in [0.3, 0.4) is 0 Å². The fraction of sp³-hybridized carbons (Fsp3) is 0.0476. The van der Waals surface area contributed by atoms with Gasteiger partial charge >= 0.3 is 6.18 Å². The molecule has 1 N–H and O–H groups in total. The second-order valence-electron chi connectivity index (χ2n) is 6.28. The van der Waals surface area contributed by atoms with E-state index in [9.17, 15) is 23.1 Å². The Hall–Kier alpha value is -4.01. The standard InChI is InChI=1S/C21H13F3N4O2/c22-21(23,24)13-5-3-6-14(11-13)28-18(29)16-8-2-1-7-15(16)17(19(28)30)12-27-20-25-9-4-10-26-20/h1-12,30H. The van der Waals surface area contributed by atoms with Crippen molar-refractivity contribution in [2.24, 2.45) is 4.99 Å². The first-order valence-corrected chi connectivity index (χ1v) is 8.71. The molecule has 9 heteroatoms. The molecular formula is C21H13F3N4O2. The average Bonchev–Trinajstić information content (AvgIpc) is 2.74. The van der Waals surface area contributed by atoms with E-state index in [1.165, 1.54) is 36.8 Å². The van der Waals surface area contributed by atoms with Crippen molar-refractivity contribution in [2.75, 3.05) is 0 Å². The normalized spacial score (nSPS) is 12.0. The molecule has 0 aliphatic carbocycles. The molecule has 4 aromatic rings. The van der Waals surface area contributed by atoms with Crippen molar-refractivity contribution in [3.05, 3.63) is 88.5 Å². The number of rotatable bonds is 3. The van der Waals surface area contributed by atoms with Gasteiger partial charge in [-0.15, -0.1) is 0 Å². The molecule has 0 radical (unpaired) electrons. The molecule has 2 aromatic carbocycles. The minimum absolute atomic E-state index is 0.122. The maximum absolute atomic E-state index is 13.1. The summed E-state index contributed by atoms with van der Waals surface area (Å²) in [6, 6.07) is 12.2. The zero-order valence-electron chi connectivity index (χ0n) is 15.2. The van der Waals surface area contributed by atoms with Crippen LogP contribution in [0, 0.1) is 0 Å². The fourth-order valence-electron chi connectivity index (χ4n) is 3.03. The Morgan fingerprint density at radius 1 is 0.967 bits per heavy atom. The summed E-state index contributed by atoms with van der Waals surface area (Å²) >= 11 is 0. The molecular weight excluding hydrogens is 397 g/mol. The maximum Gasteiger partial charge on any atom is 0.416 e. The van der Waals surface area contributed by atoms with Crippen LogP contribution in [-0.2, 0) is 6.18 Å². The molecule has 0 spiro atoms. The van der Waals surface area contributed by atoms with Gasteiger partial charge in [0.2, 0.25) is 11.8 Å². The lowest BCUT2D eigenvalue weighted by Gasteiger charge is -2.15. The number of aromatic hydroxyl groups is 1. The predicted octanol–water partition coefficient (Wildman–Crippen LogP) is 4.26. The van der Waals surface area contributed by atoms with E-state index in [-0.39, 0.29) is 22.6 Å². The van der Waals surface area contributed by atoms with Gasteiger partial charge in [0.25, 0.3) is 5.56 Å². The third-order valence-corrected chi connectivity index (χ3v) is 4.40. The molecule has 0 atom stereocenters. The second-order valence-corrected chi connectivity index (χ2v) is 6.28. The van der Waals surface area contributed by atoms with Gasteiger partial charge in [0.1, 0.15) is 0 Å². The van der Waals surface area contributed by atoms with Crippen molar-refractivity contribution in [3.63, 3.8) is 0 Å². The lowest BCUT2D eigenvalue weighted by Crippen LogP contribution is -2.20. The predicted molar refractivity (Wildman–Crippen MR) is 105 cm³/mol. The number of alkyl halides is 3. The van der Waals surface area contributed by atoms with Crippen molar-refractivity contribution in [2.45, 2.75) is 6.18 Å². The quantitative estimate of drug-likeness (QED) is 0.512. The number of pyridine rings is 1. The van der Waals surface area contributed by atoms with Gasteiger partial charge in [-0.25, -0.2) is 19.5 Å². The Labute approximate surface area is 167 Å². The molecule has 0 saturated carbocycles. The monoisotopic (exact) mass is 410 g/mol. The first kappa shape index (κ1) is 19.3. The Kier molecular flexibility index (Phi) is 4.78. The van der Waals surface area contributed by atoms with Gasteiger partial charge in [-0.1, -0.05) is 24.3 Å². The van der Waals surface area contributed by atoms with E-state index in [0.717, 1.165) is 16.7 Å². The van der Waals surface area contributed by atoms with E-state index in [4.69, 9.17) is 0 Å². The lowest BCUT2D eigenvalue weighted by molar-refractivity contribution is -0.137. The van der Waals surface area contributed by atoms with E-state index in [1.54, 1.807) is 24.3 Å². The number of aromatic nitrogens is 3. The smallest absolute Gasteiger partial charge is 0.416 e. The highest BCUT2D eigenvalue weighted by atomic mass is 19.4. The highest BCUT2D eigenvalue weighted by molar-refractivity contribution is 6.02. The van der Waals surface area contributed by atoms with E-state index in [1.807, 2.05) is 0 Å². The van der Waals surface area contributed by atoms with Crippen LogP contribution in [0.1, 0.15) is 11.1 Å². The van der Waals surface area contributed by atoms with Crippen molar-refractivity contribution in [1.82, 2.24) is 14.5 Å². The van der Waals surface area contributed by atoms with Crippen LogP contribution in [0.15, 0.2) is 76.8 Å². The Morgan fingerprint density at radius 2 is 1.67 bits per heavy atom. The minimum atomic E-state index is -4.60. The summed E-state index contributed by atoms with van der Waals surface area (Å²) in [6.45, 7) is 0. The van der Waals surface area contributed by atoms with Gasteiger partial charge in [0.15, 0.2) is 0 Å². The number of aliphatic imine (C=N–C) groups is 1. The largest absolute Gasteiger partial charge is 0.494 e. The second kappa shape index (κ2) is 7.43. The molecule has 0 unspecified atom stereocenters. The van der Waals surface area contributed by atoms with Crippen LogP contribution in [0.2, 0.25) is 0 Å².